The van der Waals surface area contributed by atoms with Crippen molar-refractivity contribution in [1.29, 1.82) is 5.26 Å². The molecule has 1 N–H and O–H groups in total. The second-order valence-corrected chi connectivity index (χ2v) is 8.94. The summed E-state index contributed by atoms with van der Waals surface area (Å²) in [6.45, 7) is 9.05. The molecular weight excluding hydrogens is 416 g/mol. The Labute approximate surface area is 192 Å². The first kappa shape index (κ1) is 21.3. The normalized spacial score (nSPS) is 22.5. The van der Waals surface area contributed by atoms with Gasteiger partial charge in [0.25, 0.3) is 0 Å². The van der Waals surface area contributed by atoms with E-state index in [1.165, 1.54) is 0 Å². The molecule has 0 radical (unpaired) electrons. The molecule has 1 aromatic heterocycles. The molecule has 7 nitrogen and oxygen atoms in total. The average Bonchev–Trinajstić information content (AvgIpc) is 3.59. The molecule has 1 aliphatic carbocycles. The molecule has 1 aliphatic heterocycles. The quantitative estimate of drug-likeness (QED) is 0.555. The third-order valence-electron chi connectivity index (χ3n) is 6.87. The second-order valence-electron chi connectivity index (χ2n) is 8.94. The molecule has 33 heavy (non-hydrogen) atoms. The number of likely N-dealkylation sites (tertiary alicyclic amines) is 1. The monoisotopic (exact) mass is 442 g/mol. The molecule has 2 heterocycles. The summed E-state index contributed by atoms with van der Waals surface area (Å²) in [6, 6.07) is 13.6. The van der Waals surface area contributed by atoms with Gasteiger partial charge in [-0.1, -0.05) is 24.3 Å². The largest absolute Gasteiger partial charge is 0.489 e. The lowest BCUT2D eigenvalue weighted by molar-refractivity contribution is -0.130. The Morgan fingerprint density at radius 1 is 1.27 bits per heavy atom. The zero-order chi connectivity index (χ0) is 22.8. The fourth-order valence-corrected chi connectivity index (χ4v) is 5.15. The topological polar surface area (TPSA) is 82.9 Å². The molecule has 7 heteroatoms. The minimum atomic E-state index is -0.270. The molecule has 2 fully saturated rings. The summed E-state index contributed by atoms with van der Waals surface area (Å²) in [7, 11) is 0. The van der Waals surface area contributed by atoms with E-state index >= 15 is 0 Å². The Kier molecular flexibility index (Phi) is 5.90. The molecule has 2 aliphatic rings. The number of nitrogens with one attached hydrogen (secondary N) is 1. The maximum atomic E-state index is 12.5. The van der Waals surface area contributed by atoms with E-state index in [1.807, 2.05) is 30.3 Å². The third-order valence-corrected chi connectivity index (χ3v) is 6.87. The van der Waals surface area contributed by atoms with E-state index in [4.69, 9.17) is 15.7 Å². The van der Waals surface area contributed by atoms with E-state index in [2.05, 4.69) is 16.2 Å². The van der Waals surface area contributed by atoms with Gasteiger partial charge in [0.15, 0.2) is 17.0 Å². The van der Waals surface area contributed by atoms with E-state index in [9.17, 15) is 10.1 Å². The summed E-state index contributed by atoms with van der Waals surface area (Å²) in [5.74, 6) is 1.07. The van der Waals surface area contributed by atoms with Gasteiger partial charge in [0, 0.05) is 23.4 Å². The number of furan rings is 1. The van der Waals surface area contributed by atoms with Crippen LogP contribution in [-0.2, 0) is 4.79 Å². The number of hydrogen-bond acceptors (Lipinski definition) is 5. The molecule has 1 saturated carbocycles. The summed E-state index contributed by atoms with van der Waals surface area (Å²) in [5, 5.41) is 14.3. The highest BCUT2D eigenvalue weighted by Gasteiger charge is 2.30. The summed E-state index contributed by atoms with van der Waals surface area (Å²) in [5.41, 5.74) is 1.94. The van der Waals surface area contributed by atoms with E-state index in [0.29, 0.717) is 36.1 Å². The van der Waals surface area contributed by atoms with Crippen LogP contribution in [0.4, 0.5) is 5.69 Å². The van der Waals surface area contributed by atoms with Crippen LogP contribution in [0, 0.1) is 23.8 Å². The molecule has 2 aromatic carbocycles. The maximum Gasteiger partial charge on any atom is 0.237 e. The predicted octanol–water partition coefficient (Wildman–Crippen LogP) is 4.79. The van der Waals surface area contributed by atoms with Gasteiger partial charge in [-0.3, -0.25) is 4.79 Å². The Balaban J connectivity index is 1.19. The van der Waals surface area contributed by atoms with Gasteiger partial charge in [0.1, 0.15) is 11.6 Å². The summed E-state index contributed by atoms with van der Waals surface area (Å²) in [4.78, 5) is 17.8. The first-order chi connectivity index (χ1) is 16.2. The van der Waals surface area contributed by atoms with Crippen LogP contribution < -0.4 is 10.1 Å². The zero-order valence-corrected chi connectivity index (χ0v) is 18.4. The van der Waals surface area contributed by atoms with Crippen LogP contribution in [0.2, 0.25) is 0 Å². The number of rotatable bonds is 6. The van der Waals surface area contributed by atoms with Crippen LogP contribution >= 0.6 is 0 Å². The van der Waals surface area contributed by atoms with Crippen LogP contribution in [0.1, 0.15) is 32.1 Å². The molecule has 1 amide bonds. The molecule has 3 aromatic rings. The van der Waals surface area contributed by atoms with Crippen molar-refractivity contribution in [1.82, 2.24) is 10.2 Å². The van der Waals surface area contributed by atoms with Crippen molar-refractivity contribution in [2.75, 3.05) is 19.7 Å². The van der Waals surface area contributed by atoms with Crippen molar-refractivity contribution < 1.29 is 13.9 Å². The lowest BCUT2D eigenvalue weighted by atomic mass is 10.1. The molecule has 5 rings (SSSR count). The lowest BCUT2D eigenvalue weighted by Crippen LogP contribution is -2.42. The molecule has 168 valence electrons. The summed E-state index contributed by atoms with van der Waals surface area (Å²) in [6.07, 6.45) is 4.65. The second kappa shape index (κ2) is 9.13. The third kappa shape index (κ3) is 4.13. The van der Waals surface area contributed by atoms with Gasteiger partial charge in [-0.25, -0.2) is 4.85 Å². The minimum absolute atomic E-state index is 0.0194. The van der Waals surface area contributed by atoms with Crippen molar-refractivity contribution in [3.05, 3.63) is 47.8 Å². The van der Waals surface area contributed by atoms with Gasteiger partial charge >= 0.3 is 0 Å². The first-order valence-electron chi connectivity index (χ1n) is 11.5. The van der Waals surface area contributed by atoms with E-state index in [-0.39, 0.29) is 24.5 Å². The first-order valence-corrected chi connectivity index (χ1v) is 11.5. The van der Waals surface area contributed by atoms with E-state index in [0.717, 1.165) is 48.5 Å². The molecule has 1 saturated heterocycles. The Hall–Kier alpha value is -3.55. The SMILES string of the molecule is [C-]#[N+]c1ccc(OC[C@H]2CC[C@@H](NCC(=O)N3CCC[C@H]3C#N)C2)c2oc3ccccc3c12. The molecule has 0 unspecified atom stereocenters. The minimum Gasteiger partial charge on any atom is -0.489 e. The van der Waals surface area contributed by atoms with Gasteiger partial charge in [0.05, 0.1) is 25.8 Å². The Morgan fingerprint density at radius 2 is 2.15 bits per heavy atom. The number of ether oxygens (including phenoxy) is 1. The molecular formula is C26H26N4O3. The van der Waals surface area contributed by atoms with E-state index < -0.39 is 0 Å². The number of nitriles is 1. The number of para-hydroxylation sites is 1. The van der Waals surface area contributed by atoms with Gasteiger partial charge < -0.3 is 19.4 Å². The fourth-order valence-electron chi connectivity index (χ4n) is 5.15. The van der Waals surface area contributed by atoms with Crippen LogP contribution in [0.15, 0.2) is 40.8 Å². The number of hydrogen-bond donors (Lipinski definition) is 1. The summed E-state index contributed by atoms with van der Waals surface area (Å²) < 4.78 is 12.2. The van der Waals surface area contributed by atoms with Crippen LogP contribution in [-0.4, -0.2) is 42.6 Å². The predicted molar refractivity (Wildman–Crippen MR) is 125 cm³/mol. The van der Waals surface area contributed by atoms with Crippen LogP contribution in [0.25, 0.3) is 26.8 Å². The van der Waals surface area contributed by atoms with Crippen LogP contribution in [0.3, 0.4) is 0 Å². The molecule has 3 atom stereocenters. The van der Waals surface area contributed by atoms with Crippen molar-refractivity contribution in [3.63, 3.8) is 0 Å². The standard InChI is InChI=1S/C26H26N4O3/c1-28-21-10-11-23(26-25(21)20-6-2-3-7-22(20)33-26)32-16-17-8-9-18(13-17)29-15-24(31)30-12-4-5-19(30)14-27/h2-3,6-7,10-11,17-19,29H,4-5,8-9,12-13,15-16H2/t17-,18+,19-/m0/s1. The van der Waals surface area contributed by atoms with E-state index in [1.54, 1.807) is 11.0 Å². The van der Waals surface area contributed by atoms with Gasteiger partial charge in [0.2, 0.25) is 5.91 Å². The zero-order valence-electron chi connectivity index (χ0n) is 18.4. The average molecular weight is 443 g/mol. The lowest BCUT2D eigenvalue weighted by Gasteiger charge is -2.21. The van der Waals surface area contributed by atoms with Gasteiger partial charge in [-0.15, -0.1) is 0 Å². The Bertz CT molecular complexity index is 1270. The maximum absolute atomic E-state index is 12.5. The van der Waals surface area contributed by atoms with Gasteiger partial charge in [-0.2, -0.15) is 5.26 Å². The van der Waals surface area contributed by atoms with Crippen molar-refractivity contribution in [3.8, 4) is 11.8 Å². The number of amides is 1. The van der Waals surface area contributed by atoms with Crippen LogP contribution in [0.5, 0.6) is 5.75 Å². The molecule has 0 spiro atoms. The van der Waals surface area contributed by atoms with Gasteiger partial charge in [-0.05, 0) is 50.2 Å². The number of carbonyl (C=O) groups excluding carboxylic acids is 1. The highest BCUT2D eigenvalue weighted by molar-refractivity contribution is 6.13. The number of benzene rings is 2. The smallest absolute Gasteiger partial charge is 0.237 e. The van der Waals surface area contributed by atoms with Crippen molar-refractivity contribution in [2.45, 2.75) is 44.2 Å². The molecule has 0 bridgehead atoms. The van der Waals surface area contributed by atoms with Crippen molar-refractivity contribution in [2.24, 2.45) is 5.92 Å². The number of carbonyl (C=O) groups is 1. The highest BCUT2D eigenvalue weighted by Crippen LogP contribution is 2.41. The Morgan fingerprint density at radius 3 is 3.00 bits per heavy atom. The number of fused-ring (bicyclic) bond motifs is 3. The fraction of sp³-hybridized carbons (Fsp3) is 0.423. The highest BCUT2D eigenvalue weighted by atomic mass is 16.5. The van der Waals surface area contributed by atoms with Crippen molar-refractivity contribution >= 4 is 33.5 Å². The number of nitrogens with zero attached hydrogens (tertiary/aromatic N) is 3. The summed E-state index contributed by atoms with van der Waals surface area (Å²) >= 11 is 0.